The summed E-state index contributed by atoms with van der Waals surface area (Å²) < 4.78 is 2.14. The molecule has 1 aromatic heterocycles. The minimum atomic E-state index is -0.0415. The molecule has 0 atom stereocenters. The smallest absolute Gasteiger partial charge is 0.262 e. The van der Waals surface area contributed by atoms with Crippen LogP contribution in [0.1, 0.15) is 25.7 Å². The molecule has 0 aliphatic heterocycles. The Kier molecular flexibility index (Phi) is 5.62. The van der Waals surface area contributed by atoms with Crippen molar-refractivity contribution in [2.75, 3.05) is 5.32 Å². The molecule has 1 aliphatic rings. The van der Waals surface area contributed by atoms with E-state index < -0.39 is 0 Å². The Morgan fingerprint density at radius 1 is 0.938 bits per heavy atom. The van der Waals surface area contributed by atoms with Crippen LogP contribution in [0.3, 0.4) is 0 Å². The van der Waals surface area contributed by atoms with Gasteiger partial charge in [0.05, 0.1) is 10.9 Å². The number of aromatic nitrogens is 2. The number of hydrogen-bond acceptors (Lipinski definition) is 3. The van der Waals surface area contributed by atoms with Gasteiger partial charge in [0.2, 0.25) is 5.91 Å². The molecule has 1 saturated carbocycles. The molecular weight excluding hydrogens is 418 g/mol. The maximum atomic E-state index is 12.9. The molecule has 0 bridgehead atoms. The van der Waals surface area contributed by atoms with E-state index in [2.05, 4.69) is 22.4 Å². The number of para-hydroxylation sites is 1. The Morgan fingerprint density at radius 2 is 1.62 bits per heavy atom. The van der Waals surface area contributed by atoms with E-state index in [4.69, 9.17) is 12.2 Å². The van der Waals surface area contributed by atoms with E-state index in [0.29, 0.717) is 22.6 Å². The van der Waals surface area contributed by atoms with Crippen molar-refractivity contribution < 1.29 is 4.79 Å². The first kappa shape index (κ1) is 20.6. The number of nitrogens with zero attached hydrogens (tertiary/aromatic N) is 1. The summed E-state index contributed by atoms with van der Waals surface area (Å²) in [4.78, 5) is 29.0. The van der Waals surface area contributed by atoms with Gasteiger partial charge in [-0.25, -0.2) is 0 Å². The fraction of sp³-hybridized carbons (Fsp3) is 0.269. The second-order valence-corrected chi connectivity index (χ2v) is 9.01. The molecule has 1 amide bonds. The van der Waals surface area contributed by atoms with Crippen molar-refractivity contribution in [3.8, 4) is 0 Å². The molecule has 6 heteroatoms. The lowest BCUT2D eigenvalue weighted by atomic mass is 9.81. The lowest BCUT2D eigenvalue weighted by molar-refractivity contribution is -0.121. The van der Waals surface area contributed by atoms with Gasteiger partial charge in [-0.2, -0.15) is 0 Å². The average molecular weight is 444 g/mol. The first-order valence-electron chi connectivity index (χ1n) is 11.1. The third-order valence-corrected chi connectivity index (χ3v) is 6.92. The number of anilines is 1. The third kappa shape index (κ3) is 3.98. The molecule has 1 fully saturated rings. The van der Waals surface area contributed by atoms with Gasteiger partial charge in [0.1, 0.15) is 0 Å². The molecule has 1 heterocycles. The Balaban J connectivity index is 1.26. The van der Waals surface area contributed by atoms with Crippen LogP contribution in [0.5, 0.6) is 0 Å². The summed E-state index contributed by atoms with van der Waals surface area (Å²) in [5.74, 6) is 0.415. The standard InChI is InChI=1S/C26H25N3O2S/c30-24(27-22-11-5-7-18-6-1-2-8-20(18)22)19-14-12-17(13-15-19)16-29-25(31)21-9-3-4-10-23(21)28-26(29)32/h1-11,17,19H,12-16H2,(H,27,30)(H,28,32). The molecule has 1 aliphatic carbocycles. The minimum absolute atomic E-state index is 0.00641. The van der Waals surface area contributed by atoms with Crippen molar-refractivity contribution in [3.05, 3.63) is 81.9 Å². The number of rotatable bonds is 4. The van der Waals surface area contributed by atoms with E-state index in [9.17, 15) is 9.59 Å². The molecule has 2 N–H and O–H groups in total. The molecule has 0 spiro atoms. The van der Waals surface area contributed by atoms with Crippen LogP contribution < -0.4 is 10.9 Å². The van der Waals surface area contributed by atoms with Crippen molar-refractivity contribution in [1.82, 2.24) is 9.55 Å². The predicted molar refractivity (Wildman–Crippen MR) is 131 cm³/mol. The number of amides is 1. The lowest BCUT2D eigenvalue weighted by Gasteiger charge is -2.28. The van der Waals surface area contributed by atoms with Gasteiger partial charge in [-0.3, -0.25) is 14.2 Å². The van der Waals surface area contributed by atoms with Crippen molar-refractivity contribution >= 4 is 45.5 Å². The number of H-pyrrole nitrogens is 1. The summed E-state index contributed by atoms with van der Waals surface area (Å²) >= 11 is 5.45. The molecule has 3 aromatic carbocycles. The summed E-state index contributed by atoms with van der Waals surface area (Å²) in [5, 5.41) is 5.97. The van der Waals surface area contributed by atoms with Crippen molar-refractivity contribution in [2.45, 2.75) is 32.2 Å². The zero-order valence-corrected chi connectivity index (χ0v) is 18.5. The van der Waals surface area contributed by atoms with Crippen LogP contribution in [0.4, 0.5) is 5.69 Å². The molecule has 4 aromatic rings. The molecular formula is C26H25N3O2S. The number of benzene rings is 3. The zero-order valence-electron chi connectivity index (χ0n) is 17.7. The van der Waals surface area contributed by atoms with Crippen molar-refractivity contribution in [2.24, 2.45) is 11.8 Å². The van der Waals surface area contributed by atoms with Gasteiger partial charge in [-0.1, -0.05) is 48.5 Å². The maximum Gasteiger partial charge on any atom is 0.262 e. The van der Waals surface area contributed by atoms with Gasteiger partial charge in [0.25, 0.3) is 5.56 Å². The average Bonchev–Trinajstić information content (AvgIpc) is 2.82. The maximum absolute atomic E-state index is 12.9. The van der Waals surface area contributed by atoms with Gasteiger partial charge in [-0.15, -0.1) is 0 Å². The summed E-state index contributed by atoms with van der Waals surface area (Å²) in [5.41, 5.74) is 1.59. The highest BCUT2D eigenvalue weighted by Gasteiger charge is 2.27. The Bertz CT molecular complexity index is 1410. The third-order valence-electron chi connectivity index (χ3n) is 6.60. The van der Waals surface area contributed by atoms with Crippen LogP contribution in [-0.4, -0.2) is 15.5 Å². The topological polar surface area (TPSA) is 66.9 Å². The van der Waals surface area contributed by atoms with Gasteiger partial charge < -0.3 is 10.3 Å². The number of fused-ring (bicyclic) bond motifs is 2. The highest BCUT2D eigenvalue weighted by Crippen LogP contribution is 2.31. The van der Waals surface area contributed by atoms with E-state index in [1.807, 2.05) is 54.6 Å². The van der Waals surface area contributed by atoms with E-state index in [1.54, 1.807) is 4.57 Å². The van der Waals surface area contributed by atoms with E-state index in [-0.39, 0.29) is 17.4 Å². The van der Waals surface area contributed by atoms with Crippen molar-refractivity contribution in [1.29, 1.82) is 0 Å². The molecule has 5 nitrogen and oxygen atoms in total. The quantitative estimate of drug-likeness (QED) is 0.400. The Morgan fingerprint density at radius 3 is 2.44 bits per heavy atom. The summed E-state index contributed by atoms with van der Waals surface area (Å²) in [6.07, 6.45) is 3.45. The SMILES string of the molecule is O=C(Nc1cccc2ccccc12)C1CCC(Cn2c(=S)[nH]c3ccccc3c2=O)CC1. The first-order valence-corrected chi connectivity index (χ1v) is 11.5. The molecule has 162 valence electrons. The fourth-order valence-electron chi connectivity index (χ4n) is 4.80. The molecule has 0 radical (unpaired) electrons. The molecule has 5 rings (SSSR count). The van der Waals surface area contributed by atoms with Crippen LogP contribution in [0, 0.1) is 16.6 Å². The van der Waals surface area contributed by atoms with E-state index in [1.165, 1.54) is 0 Å². The second kappa shape index (κ2) is 8.71. The summed E-state index contributed by atoms with van der Waals surface area (Å²) in [6, 6.07) is 21.5. The van der Waals surface area contributed by atoms with Gasteiger partial charge in [0, 0.05) is 23.5 Å². The Hall–Kier alpha value is -3.25. The van der Waals surface area contributed by atoms with Crippen LogP contribution in [0.25, 0.3) is 21.7 Å². The van der Waals surface area contributed by atoms with Gasteiger partial charge in [0.15, 0.2) is 4.77 Å². The lowest BCUT2D eigenvalue weighted by Crippen LogP contribution is -2.31. The van der Waals surface area contributed by atoms with Crippen molar-refractivity contribution in [3.63, 3.8) is 0 Å². The monoisotopic (exact) mass is 443 g/mol. The highest BCUT2D eigenvalue weighted by molar-refractivity contribution is 7.71. The minimum Gasteiger partial charge on any atom is -0.332 e. The molecule has 0 saturated heterocycles. The number of nitrogens with one attached hydrogen (secondary N) is 2. The Labute approximate surface area is 191 Å². The summed E-state index contributed by atoms with van der Waals surface area (Å²) in [6.45, 7) is 0.594. The van der Waals surface area contributed by atoms with Crippen LogP contribution in [-0.2, 0) is 11.3 Å². The van der Waals surface area contributed by atoms with E-state index >= 15 is 0 Å². The van der Waals surface area contributed by atoms with E-state index in [0.717, 1.165) is 47.7 Å². The van der Waals surface area contributed by atoms with Gasteiger partial charge >= 0.3 is 0 Å². The molecule has 32 heavy (non-hydrogen) atoms. The fourth-order valence-corrected chi connectivity index (χ4v) is 5.07. The number of aromatic amines is 1. The molecule has 0 unspecified atom stereocenters. The van der Waals surface area contributed by atoms with Crippen LogP contribution in [0.15, 0.2) is 71.5 Å². The number of carbonyl (C=O) groups excluding carboxylic acids is 1. The first-order chi connectivity index (χ1) is 15.6. The zero-order chi connectivity index (χ0) is 22.1. The summed E-state index contributed by atoms with van der Waals surface area (Å²) in [7, 11) is 0. The van der Waals surface area contributed by atoms with Gasteiger partial charge in [-0.05, 0) is 67.4 Å². The van der Waals surface area contributed by atoms with Crippen LogP contribution in [0.2, 0.25) is 0 Å². The largest absolute Gasteiger partial charge is 0.332 e. The normalized spacial score (nSPS) is 18.6. The number of carbonyl (C=O) groups is 1. The number of hydrogen-bond donors (Lipinski definition) is 2. The highest BCUT2D eigenvalue weighted by atomic mass is 32.1. The predicted octanol–water partition coefficient (Wildman–Crippen LogP) is 5.66. The van der Waals surface area contributed by atoms with Crippen LogP contribution >= 0.6 is 12.2 Å². The second-order valence-electron chi connectivity index (χ2n) is 8.63.